The summed E-state index contributed by atoms with van der Waals surface area (Å²) >= 11 is 0. The molecule has 0 heterocycles. The fourth-order valence-corrected chi connectivity index (χ4v) is 1.32. The first-order valence-corrected chi connectivity index (χ1v) is 4.76. The van der Waals surface area contributed by atoms with Gasteiger partial charge in [-0.05, 0) is 24.6 Å². The first-order valence-electron chi connectivity index (χ1n) is 4.76. The third-order valence-corrected chi connectivity index (χ3v) is 2.56. The molecule has 1 aromatic carbocycles. The minimum atomic E-state index is -3.61. The molecule has 0 spiro atoms. The zero-order valence-corrected chi connectivity index (χ0v) is 9.14. The molecule has 0 saturated carbocycles. The zero-order chi connectivity index (χ0) is 12.4. The van der Waals surface area contributed by atoms with Crippen LogP contribution in [0.5, 0.6) is 5.75 Å². The monoisotopic (exact) mass is 233 g/mol. The molecule has 2 nitrogen and oxygen atoms in total. The van der Waals surface area contributed by atoms with Crippen molar-refractivity contribution in [1.82, 2.24) is 0 Å². The molecule has 0 saturated heterocycles. The molecule has 0 aromatic heterocycles. The van der Waals surface area contributed by atoms with Gasteiger partial charge in [0.15, 0.2) is 5.67 Å². The average Bonchev–Trinajstić information content (AvgIpc) is 2.28. The van der Waals surface area contributed by atoms with Crippen molar-refractivity contribution in [3.05, 3.63) is 29.8 Å². The molecule has 90 valence electrons. The molecule has 0 aliphatic carbocycles. The van der Waals surface area contributed by atoms with Crippen LogP contribution in [0.4, 0.5) is 13.2 Å². The largest absolute Gasteiger partial charge is 0.497 e. The van der Waals surface area contributed by atoms with E-state index in [1.54, 1.807) is 6.07 Å². The lowest BCUT2D eigenvalue weighted by atomic mass is 9.91. The van der Waals surface area contributed by atoms with Crippen molar-refractivity contribution < 1.29 is 17.9 Å². The Kier molecular flexibility index (Phi) is 3.48. The van der Waals surface area contributed by atoms with Gasteiger partial charge in [0.05, 0.1) is 13.7 Å². The summed E-state index contributed by atoms with van der Waals surface area (Å²) in [5.74, 6) is -3.28. The quantitative estimate of drug-likeness (QED) is 0.867. The van der Waals surface area contributed by atoms with Crippen LogP contribution in [-0.2, 0) is 5.67 Å². The number of ether oxygens (including phenoxy) is 1. The van der Waals surface area contributed by atoms with E-state index in [4.69, 9.17) is 10.5 Å². The van der Waals surface area contributed by atoms with E-state index in [9.17, 15) is 13.2 Å². The third kappa shape index (κ3) is 2.14. The fourth-order valence-electron chi connectivity index (χ4n) is 1.32. The Morgan fingerprint density at radius 2 is 1.94 bits per heavy atom. The van der Waals surface area contributed by atoms with E-state index >= 15 is 0 Å². The van der Waals surface area contributed by atoms with Crippen LogP contribution in [0.15, 0.2) is 24.3 Å². The van der Waals surface area contributed by atoms with E-state index in [0.717, 1.165) is 6.92 Å². The van der Waals surface area contributed by atoms with Crippen molar-refractivity contribution in [2.45, 2.75) is 18.5 Å². The van der Waals surface area contributed by atoms with Crippen LogP contribution < -0.4 is 10.5 Å². The lowest BCUT2D eigenvalue weighted by Gasteiger charge is -2.29. The number of halogens is 3. The zero-order valence-electron chi connectivity index (χ0n) is 9.14. The Balaban J connectivity index is 3.16. The lowest BCUT2D eigenvalue weighted by molar-refractivity contribution is -0.126. The van der Waals surface area contributed by atoms with Gasteiger partial charge in [-0.1, -0.05) is 12.1 Å². The molecule has 0 radical (unpaired) electrons. The summed E-state index contributed by atoms with van der Waals surface area (Å²) in [5, 5.41) is 0. The Hall–Kier alpha value is -1.23. The van der Waals surface area contributed by atoms with Gasteiger partial charge < -0.3 is 10.5 Å². The van der Waals surface area contributed by atoms with Gasteiger partial charge in [0.25, 0.3) is 5.92 Å². The Bertz CT molecular complexity index is 366. The molecule has 0 amide bonds. The summed E-state index contributed by atoms with van der Waals surface area (Å²) in [5.41, 5.74) is 1.92. The molecular formula is C11H14F3NO. The van der Waals surface area contributed by atoms with Crippen molar-refractivity contribution in [1.29, 1.82) is 0 Å². The second kappa shape index (κ2) is 4.33. The lowest BCUT2D eigenvalue weighted by Crippen LogP contribution is -2.45. The van der Waals surface area contributed by atoms with Gasteiger partial charge in [0.2, 0.25) is 0 Å². The van der Waals surface area contributed by atoms with E-state index in [2.05, 4.69) is 0 Å². The summed E-state index contributed by atoms with van der Waals surface area (Å²) in [4.78, 5) is 0. The summed E-state index contributed by atoms with van der Waals surface area (Å²) in [6.45, 7) is -0.230. The van der Waals surface area contributed by atoms with Crippen LogP contribution >= 0.6 is 0 Å². The predicted molar refractivity (Wildman–Crippen MR) is 55.5 cm³/mol. The first-order chi connectivity index (χ1) is 7.35. The number of nitrogens with two attached hydrogens (primary N) is 1. The highest BCUT2D eigenvalue weighted by atomic mass is 19.3. The average molecular weight is 233 g/mol. The minimum Gasteiger partial charge on any atom is -0.497 e. The Morgan fingerprint density at radius 1 is 1.31 bits per heavy atom. The van der Waals surface area contributed by atoms with Crippen molar-refractivity contribution in [2.24, 2.45) is 5.73 Å². The Labute approximate surface area is 92.2 Å². The standard InChI is InChI=1S/C11H14F3NO/c1-10(12,11(13,14)7-15)8-4-3-5-9(6-8)16-2/h3-6H,7,15H2,1-2H3. The van der Waals surface area contributed by atoms with Gasteiger partial charge >= 0.3 is 0 Å². The molecule has 1 unspecified atom stereocenters. The fraction of sp³-hybridized carbons (Fsp3) is 0.455. The molecule has 0 bridgehead atoms. The normalized spacial score (nSPS) is 15.6. The Morgan fingerprint density at radius 3 is 2.44 bits per heavy atom. The van der Waals surface area contributed by atoms with Crippen molar-refractivity contribution in [3.8, 4) is 5.75 Å². The molecule has 16 heavy (non-hydrogen) atoms. The van der Waals surface area contributed by atoms with Gasteiger partial charge in [-0.25, -0.2) is 13.2 Å². The number of methoxy groups -OCH3 is 1. The van der Waals surface area contributed by atoms with Crippen molar-refractivity contribution in [2.75, 3.05) is 13.7 Å². The van der Waals surface area contributed by atoms with E-state index in [-0.39, 0.29) is 5.56 Å². The van der Waals surface area contributed by atoms with Crippen LogP contribution in [0.25, 0.3) is 0 Å². The highest BCUT2D eigenvalue weighted by Gasteiger charge is 2.51. The number of benzene rings is 1. The summed E-state index contributed by atoms with van der Waals surface area (Å²) in [6, 6.07) is 5.54. The van der Waals surface area contributed by atoms with Crippen LogP contribution in [0, 0.1) is 0 Å². The van der Waals surface area contributed by atoms with Gasteiger partial charge in [-0.3, -0.25) is 0 Å². The van der Waals surface area contributed by atoms with Crippen LogP contribution in [-0.4, -0.2) is 19.6 Å². The summed E-state index contributed by atoms with van der Waals surface area (Å²) in [7, 11) is 1.38. The maximum absolute atomic E-state index is 14.0. The highest BCUT2D eigenvalue weighted by molar-refractivity contribution is 5.33. The van der Waals surface area contributed by atoms with E-state index in [1.165, 1.54) is 25.3 Å². The van der Waals surface area contributed by atoms with Gasteiger partial charge in [0.1, 0.15) is 5.75 Å². The molecule has 0 fully saturated rings. The van der Waals surface area contributed by atoms with Gasteiger partial charge in [0, 0.05) is 0 Å². The SMILES string of the molecule is COc1cccc(C(C)(F)C(F)(F)CN)c1. The maximum Gasteiger partial charge on any atom is 0.297 e. The molecule has 0 aliphatic rings. The molecule has 1 atom stereocenters. The number of alkyl halides is 3. The molecule has 5 heteroatoms. The van der Waals surface area contributed by atoms with Crippen LogP contribution in [0.3, 0.4) is 0 Å². The van der Waals surface area contributed by atoms with Gasteiger partial charge in [-0.15, -0.1) is 0 Å². The molecule has 2 N–H and O–H groups in total. The van der Waals surface area contributed by atoms with E-state index < -0.39 is 18.1 Å². The minimum absolute atomic E-state index is 0.151. The topological polar surface area (TPSA) is 35.2 Å². The molecule has 0 aliphatic heterocycles. The van der Waals surface area contributed by atoms with Crippen molar-refractivity contribution >= 4 is 0 Å². The number of hydrogen-bond acceptors (Lipinski definition) is 2. The second-order valence-electron chi connectivity index (χ2n) is 3.64. The van der Waals surface area contributed by atoms with Gasteiger partial charge in [-0.2, -0.15) is 0 Å². The summed E-state index contributed by atoms with van der Waals surface area (Å²) in [6.07, 6.45) is 0. The predicted octanol–water partition coefficient (Wildman–Crippen LogP) is 2.47. The van der Waals surface area contributed by atoms with E-state index in [0.29, 0.717) is 5.75 Å². The van der Waals surface area contributed by atoms with E-state index in [1.807, 2.05) is 0 Å². The number of rotatable bonds is 4. The molecule has 1 rings (SSSR count). The molecule has 1 aromatic rings. The highest BCUT2D eigenvalue weighted by Crippen LogP contribution is 2.41. The van der Waals surface area contributed by atoms with Crippen LogP contribution in [0.1, 0.15) is 12.5 Å². The second-order valence-corrected chi connectivity index (χ2v) is 3.64. The summed E-state index contributed by atoms with van der Waals surface area (Å²) < 4.78 is 45.5. The molecular weight excluding hydrogens is 219 g/mol. The first kappa shape index (κ1) is 12.8. The number of hydrogen-bond donors (Lipinski definition) is 1. The smallest absolute Gasteiger partial charge is 0.297 e. The van der Waals surface area contributed by atoms with Crippen molar-refractivity contribution in [3.63, 3.8) is 0 Å². The maximum atomic E-state index is 14.0. The van der Waals surface area contributed by atoms with Crippen LogP contribution in [0.2, 0.25) is 0 Å². The third-order valence-electron chi connectivity index (χ3n) is 2.56.